The normalized spacial score (nSPS) is 10.3. The van der Waals surface area contributed by atoms with E-state index in [1.165, 1.54) is 0 Å². The SMILES string of the molecule is C=C(C)Cc1ccc(COc2cc(F)ccc2F)cc1. The third-order valence-corrected chi connectivity index (χ3v) is 2.82. The van der Waals surface area contributed by atoms with E-state index in [1.54, 1.807) is 0 Å². The van der Waals surface area contributed by atoms with Gasteiger partial charge in [0.1, 0.15) is 12.4 Å². The van der Waals surface area contributed by atoms with Gasteiger partial charge in [0.15, 0.2) is 11.6 Å². The van der Waals surface area contributed by atoms with Gasteiger partial charge in [-0.15, -0.1) is 0 Å². The quantitative estimate of drug-likeness (QED) is 0.720. The van der Waals surface area contributed by atoms with Crippen LogP contribution in [0.25, 0.3) is 0 Å². The van der Waals surface area contributed by atoms with Gasteiger partial charge in [-0.25, -0.2) is 8.78 Å². The predicted octanol–water partition coefficient (Wildman–Crippen LogP) is 4.66. The van der Waals surface area contributed by atoms with Gasteiger partial charge in [-0.05, 0) is 36.6 Å². The molecule has 2 rings (SSSR count). The largest absolute Gasteiger partial charge is 0.486 e. The molecule has 2 aromatic carbocycles. The third kappa shape index (κ3) is 3.92. The molecule has 0 amide bonds. The molecule has 0 aliphatic carbocycles. The first-order chi connectivity index (χ1) is 9.54. The standard InChI is InChI=1S/C17H16F2O/c1-12(2)9-13-3-5-14(6-4-13)11-20-17-10-15(18)7-8-16(17)19/h3-8,10H,1,9,11H2,2H3. The van der Waals surface area contributed by atoms with Gasteiger partial charge >= 0.3 is 0 Å². The maximum absolute atomic E-state index is 13.4. The van der Waals surface area contributed by atoms with E-state index < -0.39 is 11.6 Å². The number of ether oxygens (including phenoxy) is 1. The molecule has 2 aromatic rings. The summed E-state index contributed by atoms with van der Waals surface area (Å²) in [5, 5.41) is 0. The van der Waals surface area contributed by atoms with E-state index in [1.807, 2.05) is 31.2 Å². The van der Waals surface area contributed by atoms with E-state index in [-0.39, 0.29) is 12.4 Å². The number of allylic oxidation sites excluding steroid dienone is 1. The van der Waals surface area contributed by atoms with Crippen LogP contribution in [0, 0.1) is 11.6 Å². The number of halogens is 2. The molecular weight excluding hydrogens is 258 g/mol. The maximum Gasteiger partial charge on any atom is 0.165 e. The van der Waals surface area contributed by atoms with Crippen LogP contribution in [0.2, 0.25) is 0 Å². The molecule has 0 saturated heterocycles. The van der Waals surface area contributed by atoms with Gasteiger partial charge in [0.2, 0.25) is 0 Å². The van der Waals surface area contributed by atoms with Crippen LogP contribution < -0.4 is 4.74 Å². The molecule has 0 aliphatic heterocycles. The lowest BCUT2D eigenvalue weighted by Gasteiger charge is -2.08. The summed E-state index contributed by atoms with van der Waals surface area (Å²) >= 11 is 0. The lowest BCUT2D eigenvalue weighted by molar-refractivity contribution is 0.288. The second-order valence-electron chi connectivity index (χ2n) is 4.81. The molecule has 0 bridgehead atoms. The van der Waals surface area contributed by atoms with Gasteiger partial charge in [0.25, 0.3) is 0 Å². The zero-order chi connectivity index (χ0) is 14.5. The molecule has 104 valence electrons. The van der Waals surface area contributed by atoms with E-state index in [0.717, 1.165) is 41.3 Å². The maximum atomic E-state index is 13.4. The fourth-order valence-electron chi connectivity index (χ4n) is 1.85. The third-order valence-electron chi connectivity index (χ3n) is 2.82. The molecule has 0 saturated carbocycles. The molecule has 0 fully saturated rings. The van der Waals surface area contributed by atoms with Crippen LogP contribution >= 0.6 is 0 Å². The Balaban J connectivity index is 2.00. The summed E-state index contributed by atoms with van der Waals surface area (Å²) < 4.78 is 31.7. The zero-order valence-electron chi connectivity index (χ0n) is 11.3. The first-order valence-corrected chi connectivity index (χ1v) is 6.34. The number of hydrogen-bond donors (Lipinski definition) is 0. The molecule has 20 heavy (non-hydrogen) atoms. The Kier molecular flexibility index (Phi) is 4.51. The van der Waals surface area contributed by atoms with Gasteiger partial charge in [-0.2, -0.15) is 0 Å². The monoisotopic (exact) mass is 274 g/mol. The minimum Gasteiger partial charge on any atom is -0.486 e. The highest BCUT2D eigenvalue weighted by molar-refractivity contribution is 5.27. The lowest BCUT2D eigenvalue weighted by Crippen LogP contribution is -1.98. The summed E-state index contributed by atoms with van der Waals surface area (Å²) in [6.45, 7) is 6.04. The highest BCUT2D eigenvalue weighted by atomic mass is 19.1. The van der Waals surface area contributed by atoms with Crippen LogP contribution in [0.3, 0.4) is 0 Å². The van der Waals surface area contributed by atoms with Crippen molar-refractivity contribution in [1.82, 2.24) is 0 Å². The summed E-state index contributed by atoms with van der Waals surface area (Å²) in [7, 11) is 0. The van der Waals surface area contributed by atoms with Crippen LogP contribution in [-0.4, -0.2) is 0 Å². The molecule has 0 aliphatic rings. The minimum absolute atomic E-state index is 0.0731. The topological polar surface area (TPSA) is 9.23 Å². The van der Waals surface area contributed by atoms with Crippen LogP contribution in [0.4, 0.5) is 8.78 Å². The Labute approximate surface area is 117 Å². The second kappa shape index (κ2) is 6.33. The Morgan fingerprint density at radius 1 is 1.05 bits per heavy atom. The van der Waals surface area contributed by atoms with Crippen LogP contribution in [-0.2, 0) is 13.0 Å². The van der Waals surface area contributed by atoms with Crippen molar-refractivity contribution in [2.24, 2.45) is 0 Å². The average molecular weight is 274 g/mol. The van der Waals surface area contributed by atoms with Gasteiger partial charge in [0.05, 0.1) is 0 Å². The van der Waals surface area contributed by atoms with E-state index in [2.05, 4.69) is 6.58 Å². The predicted molar refractivity (Wildman–Crippen MR) is 75.7 cm³/mol. The zero-order valence-corrected chi connectivity index (χ0v) is 11.3. The van der Waals surface area contributed by atoms with Crippen molar-refractivity contribution in [2.75, 3.05) is 0 Å². The minimum atomic E-state index is -0.565. The number of hydrogen-bond acceptors (Lipinski definition) is 1. The van der Waals surface area contributed by atoms with Crippen molar-refractivity contribution in [3.63, 3.8) is 0 Å². The molecule has 0 unspecified atom stereocenters. The Morgan fingerprint density at radius 3 is 2.35 bits per heavy atom. The highest BCUT2D eigenvalue weighted by Crippen LogP contribution is 2.19. The van der Waals surface area contributed by atoms with E-state index in [4.69, 9.17) is 4.74 Å². The second-order valence-corrected chi connectivity index (χ2v) is 4.81. The summed E-state index contributed by atoms with van der Waals surface area (Å²) in [4.78, 5) is 0. The molecule has 0 atom stereocenters. The molecular formula is C17H16F2O. The molecule has 0 aromatic heterocycles. The van der Waals surface area contributed by atoms with E-state index in [9.17, 15) is 8.78 Å². The molecule has 0 radical (unpaired) electrons. The van der Waals surface area contributed by atoms with E-state index >= 15 is 0 Å². The number of rotatable bonds is 5. The molecule has 0 heterocycles. The van der Waals surface area contributed by atoms with Crippen molar-refractivity contribution in [1.29, 1.82) is 0 Å². The molecule has 0 spiro atoms. The van der Waals surface area contributed by atoms with Crippen molar-refractivity contribution in [3.8, 4) is 5.75 Å². The molecule has 1 nitrogen and oxygen atoms in total. The highest BCUT2D eigenvalue weighted by Gasteiger charge is 2.05. The van der Waals surface area contributed by atoms with Gasteiger partial charge in [0, 0.05) is 6.07 Å². The number of benzene rings is 2. The van der Waals surface area contributed by atoms with Crippen molar-refractivity contribution in [2.45, 2.75) is 20.0 Å². The fraction of sp³-hybridized carbons (Fsp3) is 0.176. The van der Waals surface area contributed by atoms with Crippen LogP contribution in [0.5, 0.6) is 5.75 Å². The van der Waals surface area contributed by atoms with Gasteiger partial charge in [-0.1, -0.05) is 36.4 Å². The molecule has 0 N–H and O–H groups in total. The summed E-state index contributed by atoms with van der Waals surface area (Å²) in [6.07, 6.45) is 0.833. The van der Waals surface area contributed by atoms with Crippen molar-refractivity contribution < 1.29 is 13.5 Å². The lowest BCUT2D eigenvalue weighted by atomic mass is 10.1. The van der Waals surface area contributed by atoms with Crippen molar-refractivity contribution in [3.05, 3.63) is 77.4 Å². The Morgan fingerprint density at radius 2 is 1.70 bits per heavy atom. The Bertz CT molecular complexity index is 603. The Hall–Kier alpha value is -2.16. The van der Waals surface area contributed by atoms with Gasteiger partial charge < -0.3 is 4.74 Å². The van der Waals surface area contributed by atoms with Crippen molar-refractivity contribution >= 4 is 0 Å². The molecule has 3 heteroatoms. The first kappa shape index (κ1) is 14.3. The summed E-state index contributed by atoms with van der Waals surface area (Å²) in [6, 6.07) is 11.0. The van der Waals surface area contributed by atoms with E-state index in [0.29, 0.717) is 0 Å². The fourth-order valence-corrected chi connectivity index (χ4v) is 1.85. The summed E-state index contributed by atoms with van der Waals surface area (Å²) in [5.74, 6) is -1.15. The average Bonchev–Trinajstić information content (AvgIpc) is 2.41. The van der Waals surface area contributed by atoms with Crippen LogP contribution in [0.15, 0.2) is 54.6 Å². The first-order valence-electron chi connectivity index (χ1n) is 6.34. The smallest absolute Gasteiger partial charge is 0.165 e. The van der Waals surface area contributed by atoms with Gasteiger partial charge in [-0.3, -0.25) is 0 Å². The summed E-state index contributed by atoms with van der Waals surface area (Å²) in [5.41, 5.74) is 3.16. The van der Waals surface area contributed by atoms with Crippen LogP contribution in [0.1, 0.15) is 18.1 Å².